The van der Waals surface area contributed by atoms with Crippen LogP contribution in [0.25, 0.3) is 0 Å². The Labute approximate surface area is 150 Å². The van der Waals surface area contributed by atoms with Gasteiger partial charge in [0.05, 0.1) is 14.2 Å². The summed E-state index contributed by atoms with van der Waals surface area (Å²) < 4.78 is 11.6. The average Bonchev–Trinajstić information content (AvgIpc) is 2.58. The van der Waals surface area contributed by atoms with Gasteiger partial charge in [0, 0.05) is 21.9 Å². The van der Waals surface area contributed by atoms with E-state index in [0.29, 0.717) is 11.5 Å². The van der Waals surface area contributed by atoms with E-state index in [1.54, 1.807) is 14.2 Å². The number of methoxy groups -OCH3 is 2. The lowest BCUT2D eigenvalue weighted by atomic mass is 10.1. The van der Waals surface area contributed by atoms with Gasteiger partial charge in [0.15, 0.2) is 11.5 Å². The largest absolute Gasteiger partial charge is 0.493 e. The fourth-order valence-corrected chi connectivity index (χ4v) is 2.48. The van der Waals surface area contributed by atoms with Crippen LogP contribution in [0.5, 0.6) is 11.5 Å². The third-order valence-corrected chi connectivity index (χ3v) is 4.14. The number of amides is 1. The molecule has 0 spiro atoms. The Balaban J connectivity index is 2.09. The van der Waals surface area contributed by atoms with Gasteiger partial charge in [0.1, 0.15) is 6.04 Å². The van der Waals surface area contributed by atoms with Gasteiger partial charge in [-0.2, -0.15) is 0 Å². The molecule has 1 amide bonds. The number of ether oxygens (including phenoxy) is 2. The number of hydrogen-bond acceptors (Lipinski definition) is 4. The normalized spacial score (nSPS) is 11.5. The Morgan fingerprint density at radius 2 is 1.67 bits per heavy atom. The van der Waals surface area contributed by atoms with Crippen molar-refractivity contribution in [1.29, 1.82) is 0 Å². The molecule has 0 aromatic heterocycles. The summed E-state index contributed by atoms with van der Waals surface area (Å²) in [4.78, 5) is 12.3. The molecule has 0 unspecified atom stereocenters. The van der Waals surface area contributed by atoms with Crippen molar-refractivity contribution in [2.45, 2.75) is 19.9 Å². The van der Waals surface area contributed by atoms with Gasteiger partial charge < -0.3 is 20.1 Å². The van der Waals surface area contributed by atoms with Crippen LogP contribution in [0.15, 0.2) is 40.9 Å². The highest BCUT2D eigenvalue weighted by molar-refractivity contribution is 9.10. The number of carbonyl (C=O) groups excluding carboxylic acids is 1. The molecule has 2 N–H and O–H groups in total. The molecule has 1 atom stereocenters. The monoisotopic (exact) mass is 392 g/mol. The van der Waals surface area contributed by atoms with Gasteiger partial charge in [0.2, 0.25) is 5.91 Å². The molecule has 0 aliphatic carbocycles. The summed E-state index contributed by atoms with van der Waals surface area (Å²) in [6.45, 7) is 3.76. The van der Waals surface area contributed by atoms with Gasteiger partial charge in [-0.05, 0) is 49.7 Å². The first kappa shape index (κ1) is 18.1. The highest BCUT2D eigenvalue weighted by Crippen LogP contribution is 2.33. The number of benzene rings is 2. The van der Waals surface area contributed by atoms with E-state index in [1.807, 2.05) is 50.2 Å². The van der Waals surface area contributed by atoms with Gasteiger partial charge >= 0.3 is 0 Å². The van der Waals surface area contributed by atoms with Crippen LogP contribution in [0.3, 0.4) is 0 Å². The molecule has 0 aliphatic rings. The lowest BCUT2D eigenvalue weighted by molar-refractivity contribution is -0.116. The average molecular weight is 393 g/mol. The number of aryl methyl sites for hydroxylation is 1. The van der Waals surface area contributed by atoms with Crippen molar-refractivity contribution in [3.8, 4) is 11.5 Å². The first-order valence-corrected chi connectivity index (χ1v) is 8.29. The van der Waals surface area contributed by atoms with Crippen LogP contribution in [-0.2, 0) is 4.79 Å². The zero-order valence-corrected chi connectivity index (χ0v) is 15.7. The topological polar surface area (TPSA) is 59.6 Å². The number of halogens is 1. The minimum absolute atomic E-state index is 0.119. The van der Waals surface area contributed by atoms with Crippen molar-refractivity contribution in [1.82, 2.24) is 0 Å². The second-order valence-corrected chi connectivity index (χ2v) is 6.30. The van der Waals surface area contributed by atoms with Crippen molar-refractivity contribution in [3.05, 3.63) is 46.4 Å². The van der Waals surface area contributed by atoms with E-state index < -0.39 is 6.04 Å². The van der Waals surface area contributed by atoms with Crippen molar-refractivity contribution < 1.29 is 14.3 Å². The zero-order chi connectivity index (χ0) is 17.7. The molecule has 0 bridgehead atoms. The maximum atomic E-state index is 12.3. The lowest BCUT2D eigenvalue weighted by Crippen LogP contribution is -2.32. The van der Waals surface area contributed by atoms with E-state index >= 15 is 0 Å². The maximum absolute atomic E-state index is 12.3. The van der Waals surface area contributed by atoms with Crippen molar-refractivity contribution in [3.63, 3.8) is 0 Å². The molecule has 2 rings (SSSR count). The summed E-state index contributed by atoms with van der Waals surface area (Å²) in [7, 11) is 3.18. The Hall–Kier alpha value is -2.21. The van der Waals surface area contributed by atoms with Crippen LogP contribution in [0.4, 0.5) is 11.4 Å². The van der Waals surface area contributed by atoms with Crippen LogP contribution in [-0.4, -0.2) is 26.2 Å². The second kappa shape index (κ2) is 8.06. The molecule has 2 aromatic rings. The van der Waals surface area contributed by atoms with Gasteiger partial charge in [-0.1, -0.05) is 15.9 Å². The van der Waals surface area contributed by atoms with Gasteiger partial charge in [-0.15, -0.1) is 0 Å². The van der Waals surface area contributed by atoms with Crippen molar-refractivity contribution in [2.75, 3.05) is 24.9 Å². The summed E-state index contributed by atoms with van der Waals surface area (Å²) in [5, 5.41) is 6.09. The molecule has 0 aliphatic heterocycles. The number of carbonyl (C=O) groups is 1. The van der Waals surface area contributed by atoms with Gasteiger partial charge in [-0.25, -0.2) is 0 Å². The van der Waals surface area contributed by atoms with Crippen LogP contribution in [0, 0.1) is 6.92 Å². The van der Waals surface area contributed by atoms with Crippen LogP contribution in [0.1, 0.15) is 12.5 Å². The molecule has 0 heterocycles. The molecule has 0 saturated carbocycles. The third-order valence-electron chi connectivity index (χ3n) is 3.61. The molecular weight excluding hydrogens is 372 g/mol. The summed E-state index contributed by atoms with van der Waals surface area (Å²) >= 11 is 3.37. The fraction of sp³-hybridized carbons (Fsp3) is 0.278. The predicted octanol–water partition coefficient (Wildman–Crippen LogP) is 4.21. The molecule has 0 radical (unpaired) electrons. The number of rotatable bonds is 6. The summed E-state index contributed by atoms with van der Waals surface area (Å²) in [5.41, 5.74) is 2.54. The Morgan fingerprint density at radius 3 is 2.25 bits per heavy atom. The van der Waals surface area contributed by atoms with E-state index in [2.05, 4.69) is 26.6 Å². The lowest BCUT2D eigenvalue weighted by Gasteiger charge is -2.19. The molecule has 6 heteroatoms. The maximum Gasteiger partial charge on any atom is 0.246 e. The minimum Gasteiger partial charge on any atom is -0.493 e. The van der Waals surface area contributed by atoms with Gasteiger partial charge in [0.25, 0.3) is 0 Å². The van der Waals surface area contributed by atoms with Crippen LogP contribution in [0.2, 0.25) is 0 Å². The van der Waals surface area contributed by atoms with Crippen molar-refractivity contribution in [2.24, 2.45) is 0 Å². The quantitative estimate of drug-likeness (QED) is 0.772. The molecular formula is C18H21BrN2O3. The summed E-state index contributed by atoms with van der Waals surface area (Å²) in [6.07, 6.45) is 0. The number of nitrogens with one attached hydrogen (secondary N) is 2. The molecule has 5 nitrogen and oxygen atoms in total. The summed E-state index contributed by atoms with van der Waals surface area (Å²) in [5.74, 6) is 1.16. The van der Waals surface area contributed by atoms with E-state index in [1.165, 1.54) is 0 Å². The first-order valence-electron chi connectivity index (χ1n) is 7.50. The molecule has 0 fully saturated rings. The van der Waals surface area contributed by atoms with Crippen molar-refractivity contribution >= 4 is 33.2 Å². The first-order chi connectivity index (χ1) is 11.4. The van der Waals surface area contributed by atoms with Gasteiger partial charge in [-0.3, -0.25) is 4.79 Å². The fourth-order valence-electron chi connectivity index (χ4n) is 2.22. The Kier molecular flexibility index (Phi) is 6.09. The smallest absolute Gasteiger partial charge is 0.246 e. The highest BCUT2D eigenvalue weighted by atomic mass is 79.9. The van der Waals surface area contributed by atoms with E-state index in [-0.39, 0.29) is 5.91 Å². The number of anilines is 2. The van der Waals surface area contributed by atoms with Crippen LogP contribution >= 0.6 is 15.9 Å². The Bertz CT molecular complexity index is 717. The van der Waals surface area contributed by atoms with Crippen LogP contribution < -0.4 is 20.1 Å². The number of hydrogen-bond donors (Lipinski definition) is 2. The second-order valence-electron chi connectivity index (χ2n) is 5.38. The molecule has 2 aromatic carbocycles. The van der Waals surface area contributed by atoms with E-state index in [0.717, 1.165) is 21.4 Å². The molecule has 0 saturated heterocycles. The molecule has 128 valence electrons. The summed E-state index contributed by atoms with van der Waals surface area (Å²) in [6, 6.07) is 10.7. The standard InChI is InChI=1S/C18H21BrN2O3/c1-11-9-16(23-3)17(24-4)10-15(11)20-12(2)18(22)21-14-7-5-13(19)6-8-14/h5-10,12,20H,1-4H3,(H,21,22)/t12-/m1/s1. The highest BCUT2D eigenvalue weighted by Gasteiger charge is 2.16. The minimum atomic E-state index is -0.412. The zero-order valence-electron chi connectivity index (χ0n) is 14.1. The van der Waals surface area contributed by atoms with E-state index in [9.17, 15) is 4.79 Å². The predicted molar refractivity (Wildman–Crippen MR) is 100 cm³/mol. The SMILES string of the molecule is COc1cc(C)c(N[C@H](C)C(=O)Nc2ccc(Br)cc2)cc1OC. The Morgan fingerprint density at radius 1 is 1.08 bits per heavy atom. The van der Waals surface area contributed by atoms with E-state index in [4.69, 9.17) is 9.47 Å². The third kappa shape index (κ3) is 4.41. The molecule has 24 heavy (non-hydrogen) atoms.